The second-order valence-corrected chi connectivity index (χ2v) is 4.35. The second kappa shape index (κ2) is 2.41. The number of rotatable bonds is 1. The topological polar surface area (TPSA) is 42.2 Å². The third-order valence-corrected chi connectivity index (χ3v) is 3.74. The Bertz CT molecular complexity index is 390. The number of hydrogen-bond donors (Lipinski definition) is 1. The van der Waals surface area contributed by atoms with Gasteiger partial charge in [0.15, 0.2) is 0 Å². The Labute approximate surface area is 82.5 Å². The molecule has 1 aliphatic carbocycles. The van der Waals surface area contributed by atoms with Crippen molar-refractivity contribution in [2.75, 3.05) is 0 Å². The van der Waals surface area contributed by atoms with Crippen LogP contribution in [0.4, 0.5) is 0 Å². The molecule has 14 heavy (non-hydrogen) atoms. The van der Waals surface area contributed by atoms with Crippen molar-refractivity contribution in [3.05, 3.63) is 23.7 Å². The molecule has 1 aliphatic heterocycles. The minimum Gasteiger partial charge on any atom is -0.469 e. The van der Waals surface area contributed by atoms with Crippen molar-refractivity contribution in [1.82, 2.24) is 5.32 Å². The van der Waals surface area contributed by atoms with Gasteiger partial charge in [0.2, 0.25) is 5.91 Å². The molecule has 1 unspecified atom stereocenters. The van der Waals surface area contributed by atoms with Crippen LogP contribution < -0.4 is 5.32 Å². The highest BCUT2D eigenvalue weighted by molar-refractivity contribution is 5.91. The maximum absolute atomic E-state index is 11.5. The third-order valence-electron chi connectivity index (χ3n) is 3.74. The van der Waals surface area contributed by atoms with E-state index in [2.05, 4.69) is 5.32 Å². The van der Waals surface area contributed by atoms with Gasteiger partial charge < -0.3 is 9.73 Å². The molecule has 74 valence electrons. The summed E-state index contributed by atoms with van der Waals surface area (Å²) in [5.41, 5.74) is 1.08. The Kier molecular flexibility index (Phi) is 1.39. The Hall–Kier alpha value is -1.25. The Morgan fingerprint density at radius 1 is 1.57 bits per heavy atom. The van der Waals surface area contributed by atoms with Crippen molar-refractivity contribution >= 4 is 5.91 Å². The molecule has 3 nitrogen and oxygen atoms in total. The van der Waals surface area contributed by atoms with Crippen LogP contribution in [0.15, 0.2) is 16.7 Å². The van der Waals surface area contributed by atoms with E-state index >= 15 is 0 Å². The number of β-lactam (4-membered cyclic amide) rings is 1. The van der Waals surface area contributed by atoms with Gasteiger partial charge in [0.25, 0.3) is 0 Å². The molecular weight excluding hydrogens is 178 g/mol. The van der Waals surface area contributed by atoms with Crippen LogP contribution in [0.2, 0.25) is 0 Å². The Balaban J connectivity index is 1.95. The summed E-state index contributed by atoms with van der Waals surface area (Å²) in [6.07, 6.45) is 4.95. The molecule has 1 aromatic rings. The van der Waals surface area contributed by atoms with Gasteiger partial charge in [-0.3, -0.25) is 4.79 Å². The molecular formula is C11H13NO2. The molecule has 2 aliphatic rings. The molecule has 1 spiro atoms. The minimum absolute atomic E-state index is 0.0748. The molecule has 2 heterocycles. The summed E-state index contributed by atoms with van der Waals surface area (Å²) < 4.78 is 5.27. The molecule has 3 heteroatoms. The Morgan fingerprint density at radius 2 is 2.36 bits per heavy atom. The fraction of sp³-hybridized carbons (Fsp3) is 0.545. The van der Waals surface area contributed by atoms with Crippen LogP contribution in [-0.2, 0) is 4.79 Å². The van der Waals surface area contributed by atoms with Crippen LogP contribution >= 0.6 is 0 Å². The number of aryl methyl sites for hydroxylation is 1. The zero-order valence-corrected chi connectivity index (χ0v) is 8.17. The zero-order chi connectivity index (χ0) is 9.76. The van der Waals surface area contributed by atoms with Gasteiger partial charge in [-0.05, 0) is 25.8 Å². The average Bonchev–Trinajstić information content (AvgIpc) is 2.44. The third kappa shape index (κ3) is 0.757. The van der Waals surface area contributed by atoms with Crippen molar-refractivity contribution in [2.24, 2.45) is 5.41 Å². The number of amides is 1. The van der Waals surface area contributed by atoms with Gasteiger partial charge in [-0.1, -0.05) is 6.42 Å². The van der Waals surface area contributed by atoms with E-state index in [9.17, 15) is 4.79 Å². The Morgan fingerprint density at radius 3 is 2.79 bits per heavy atom. The summed E-state index contributed by atoms with van der Waals surface area (Å²) in [4.78, 5) is 11.5. The highest BCUT2D eigenvalue weighted by Gasteiger charge is 2.59. The highest BCUT2D eigenvalue weighted by atomic mass is 16.3. The molecule has 0 radical (unpaired) electrons. The number of furan rings is 1. The van der Waals surface area contributed by atoms with Crippen LogP contribution in [0, 0.1) is 12.3 Å². The van der Waals surface area contributed by atoms with Crippen LogP contribution in [0.25, 0.3) is 0 Å². The summed E-state index contributed by atoms with van der Waals surface area (Å²) in [6, 6.07) is 2.18. The summed E-state index contributed by atoms with van der Waals surface area (Å²) in [5, 5.41) is 2.98. The molecule has 0 aromatic carbocycles. The molecule has 1 saturated heterocycles. The van der Waals surface area contributed by atoms with E-state index < -0.39 is 0 Å². The van der Waals surface area contributed by atoms with Gasteiger partial charge in [0, 0.05) is 5.56 Å². The molecule has 1 atom stereocenters. The summed E-state index contributed by atoms with van der Waals surface area (Å²) in [5.74, 6) is 1.16. The van der Waals surface area contributed by atoms with Crippen molar-refractivity contribution in [3.63, 3.8) is 0 Å². The fourth-order valence-electron chi connectivity index (χ4n) is 2.61. The molecule has 1 saturated carbocycles. The number of hydrogen-bond acceptors (Lipinski definition) is 2. The number of nitrogens with one attached hydrogen (secondary N) is 1. The second-order valence-electron chi connectivity index (χ2n) is 4.35. The number of carbonyl (C=O) groups is 1. The molecule has 1 amide bonds. The maximum atomic E-state index is 11.5. The highest BCUT2D eigenvalue weighted by Crippen LogP contribution is 2.56. The first kappa shape index (κ1) is 8.09. The lowest BCUT2D eigenvalue weighted by Crippen LogP contribution is -2.64. The van der Waals surface area contributed by atoms with Gasteiger partial charge in [0.1, 0.15) is 5.76 Å². The van der Waals surface area contributed by atoms with E-state index in [1.54, 1.807) is 6.26 Å². The summed E-state index contributed by atoms with van der Waals surface area (Å²) in [6.45, 7) is 1.95. The monoisotopic (exact) mass is 191 g/mol. The predicted octanol–water partition coefficient (Wildman–Crippen LogP) is 1.93. The van der Waals surface area contributed by atoms with Gasteiger partial charge >= 0.3 is 0 Å². The number of carbonyl (C=O) groups excluding carboxylic acids is 1. The predicted molar refractivity (Wildman–Crippen MR) is 50.6 cm³/mol. The van der Waals surface area contributed by atoms with Gasteiger partial charge in [-0.15, -0.1) is 0 Å². The zero-order valence-electron chi connectivity index (χ0n) is 8.17. The van der Waals surface area contributed by atoms with Crippen molar-refractivity contribution in [1.29, 1.82) is 0 Å². The van der Waals surface area contributed by atoms with Crippen LogP contribution in [-0.4, -0.2) is 5.91 Å². The van der Waals surface area contributed by atoms with E-state index in [0.717, 1.165) is 24.2 Å². The van der Waals surface area contributed by atoms with Crippen molar-refractivity contribution < 1.29 is 9.21 Å². The summed E-state index contributed by atoms with van der Waals surface area (Å²) in [7, 11) is 0. The molecule has 2 fully saturated rings. The first-order valence-electron chi connectivity index (χ1n) is 5.09. The van der Waals surface area contributed by atoms with E-state index in [1.165, 1.54) is 6.42 Å². The molecule has 1 N–H and O–H groups in total. The first-order chi connectivity index (χ1) is 6.74. The lowest BCUT2D eigenvalue weighted by molar-refractivity contribution is -0.155. The molecule has 1 aromatic heterocycles. The quantitative estimate of drug-likeness (QED) is 0.689. The van der Waals surface area contributed by atoms with Crippen LogP contribution in [0.3, 0.4) is 0 Å². The smallest absolute Gasteiger partial charge is 0.229 e. The van der Waals surface area contributed by atoms with Crippen molar-refractivity contribution in [2.45, 2.75) is 32.2 Å². The molecule has 3 rings (SSSR count). The average molecular weight is 191 g/mol. The lowest BCUT2D eigenvalue weighted by atomic mass is 9.57. The van der Waals surface area contributed by atoms with E-state index in [1.807, 2.05) is 13.0 Å². The molecule has 0 bridgehead atoms. The van der Waals surface area contributed by atoms with Gasteiger partial charge in [0.05, 0.1) is 17.7 Å². The van der Waals surface area contributed by atoms with Crippen molar-refractivity contribution in [3.8, 4) is 0 Å². The SMILES string of the molecule is Cc1occc1C1NC(=O)C12CCC2. The minimum atomic E-state index is -0.0748. The summed E-state index contributed by atoms with van der Waals surface area (Å²) >= 11 is 0. The first-order valence-corrected chi connectivity index (χ1v) is 5.09. The van der Waals surface area contributed by atoms with Crippen LogP contribution in [0.5, 0.6) is 0 Å². The van der Waals surface area contributed by atoms with E-state index in [4.69, 9.17) is 4.42 Å². The van der Waals surface area contributed by atoms with Gasteiger partial charge in [-0.2, -0.15) is 0 Å². The normalized spacial score (nSPS) is 28.1. The fourth-order valence-corrected chi connectivity index (χ4v) is 2.61. The van der Waals surface area contributed by atoms with Gasteiger partial charge in [-0.25, -0.2) is 0 Å². The lowest BCUT2D eigenvalue weighted by Gasteiger charge is -2.54. The maximum Gasteiger partial charge on any atom is 0.229 e. The standard InChI is InChI=1S/C11H13NO2/c1-7-8(3-6-14-7)9-11(4-2-5-11)10(13)12-9/h3,6,9H,2,4-5H2,1H3,(H,12,13). The van der Waals surface area contributed by atoms with Crippen LogP contribution in [0.1, 0.15) is 36.6 Å². The van der Waals surface area contributed by atoms with E-state index in [-0.39, 0.29) is 17.4 Å². The largest absolute Gasteiger partial charge is 0.469 e. The van der Waals surface area contributed by atoms with E-state index in [0.29, 0.717) is 0 Å².